The van der Waals surface area contributed by atoms with Gasteiger partial charge in [-0.2, -0.15) is 0 Å². The number of fused-ring (bicyclic) bond motifs is 1. The highest BCUT2D eigenvalue weighted by atomic mass is 14.9. The highest BCUT2D eigenvalue weighted by Crippen LogP contribution is 2.34. The van der Waals surface area contributed by atoms with Gasteiger partial charge in [0.2, 0.25) is 0 Å². The second kappa shape index (κ2) is 5.76. The van der Waals surface area contributed by atoms with E-state index >= 15 is 0 Å². The maximum Gasteiger partial charge on any atom is 0.0346 e. The smallest absolute Gasteiger partial charge is 0.0346 e. The van der Waals surface area contributed by atoms with E-state index in [2.05, 4.69) is 48.4 Å². The van der Waals surface area contributed by atoms with Crippen molar-refractivity contribution in [2.75, 3.05) is 6.54 Å². The lowest BCUT2D eigenvalue weighted by Gasteiger charge is -2.13. The van der Waals surface area contributed by atoms with Gasteiger partial charge < -0.3 is 5.32 Å². The average Bonchev–Trinajstić information content (AvgIpc) is 2.87. The second-order valence-electron chi connectivity index (χ2n) is 5.71. The summed E-state index contributed by atoms with van der Waals surface area (Å²) in [5, 5.41) is 3.64. The van der Waals surface area contributed by atoms with Gasteiger partial charge in [0.25, 0.3) is 0 Å². The molecule has 1 aliphatic carbocycles. The van der Waals surface area contributed by atoms with Crippen molar-refractivity contribution in [2.24, 2.45) is 0 Å². The molecule has 1 aliphatic rings. The molecule has 1 aromatic carbocycles. The summed E-state index contributed by atoms with van der Waals surface area (Å²) in [6.45, 7) is 5.42. The fourth-order valence-electron chi connectivity index (χ4n) is 3.04. The first kappa shape index (κ1) is 13.3. The van der Waals surface area contributed by atoms with Crippen molar-refractivity contribution in [3.8, 4) is 11.1 Å². The predicted octanol–water partition coefficient (Wildman–Crippen LogP) is 4.04. The van der Waals surface area contributed by atoms with Gasteiger partial charge in [-0.3, -0.25) is 4.98 Å². The Morgan fingerprint density at radius 2 is 2.10 bits per heavy atom. The summed E-state index contributed by atoms with van der Waals surface area (Å²) in [4.78, 5) is 4.30. The van der Waals surface area contributed by atoms with E-state index in [0.29, 0.717) is 6.04 Å². The van der Waals surface area contributed by atoms with E-state index in [1.165, 1.54) is 47.1 Å². The molecule has 0 fully saturated rings. The van der Waals surface area contributed by atoms with Crippen molar-refractivity contribution in [1.82, 2.24) is 10.3 Å². The zero-order valence-corrected chi connectivity index (χ0v) is 12.3. The highest BCUT2D eigenvalue weighted by Gasteiger charge is 2.21. The molecule has 20 heavy (non-hydrogen) atoms. The molecule has 104 valence electrons. The number of nitrogens with one attached hydrogen (secondary N) is 1. The number of rotatable bonds is 4. The van der Waals surface area contributed by atoms with Crippen molar-refractivity contribution in [3.63, 3.8) is 0 Å². The van der Waals surface area contributed by atoms with Gasteiger partial charge in [-0.25, -0.2) is 0 Å². The summed E-state index contributed by atoms with van der Waals surface area (Å²) in [7, 11) is 0. The molecule has 1 N–H and O–H groups in total. The van der Waals surface area contributed by atoms with Crippen LogP contribution in [0.25, 0.3) is 11.1 Å². The Kier molecular flexibility index (Phi) is 3.83. The maximum absolute atomic E-state index is 4.30. The molecule has 2 aromatic rings. The standard InChI is InChI=1S/C18H22N2/c1-3-8-20-18-7-5-15-10-14(4-6-17(15)18)16-9-13(2)11-19-12-16/h4,6,9-12,18,20H,3,5,7-8H2,1-2H3. The minimum atomic E-state index is 0.551. The van der Waals surface area contributed by atoms with Gasteiger partial charge in [0.15, 0.2) is 0 Å². The molecule has 0 saturated heterocycles. The lowest BCUT2D eigenvalue weighted by Crippen LogP contribution is -2.19. The molecule has 0 spiro atoms. The van der Waals surface area contributed by atoms with E-state index in [4.69, 9.17) is 0 Å². The summed E-state index contributed by atoms with van der Waals surface area (Å²) in [5.41, 5.74) is 6.71. The summed E-state index contributed by atoms with van der Waals surface area (Å²) >= 11 is 0. The Hall–Kier alpha value is -1.67. The van der Waals surface area contributed by atoms with Gasteiger partial charge in [0.1, 0.15) is 0 Å². The minimum Gasteiger partial charge on any atom is -0.310 e. The lowest BCUT2D eigenvalue weighted by molar-refractivity contribution is 0.529. The third-order valence-electron chi connectivity index (χ3n) is 4.07. The first-order valence-corrected chi connectivity index (χ1v) is 7.56. The van der Waals surface area contributed by atoms with Crippen LogP contribution in [-0.2, 0) is 6.42 Å². The van der Waals surface area contributed by atoms with Crippen molar-refractivity contribution in [3.05, 3.63) is 53.3 Å². The number of nitrogens with zero attached hydrogens (tertiary/aromatic N) is 1. The molecule has 2 nitrogen and oxygen atoms in total. The number of aryl methyl sites for hydroxylation is 2. The molecule has 1 atom stereocenters. The van der Waals surface area contributed by atoms with E-state index in [-0.39, 0.29) is 0 Å². The first-order valence-electron chi connectivity index (χ1n) is 7.56. The van der Waals surface area contributed by atoms with Crippen LogP contribution in [0.3, 0.4) is 0 Å². The molecule has 1 unspecified atom stereocenters. The van der Waals surface area contributed by atoms with Crippen LogP contribution in [0.2, 0.25) is 0 Å². The quantitative estimate of drug-likeness (QED) is 0.903. The fourth-order valence-corrected chi connectivity index (χ4v) is 3.04. The number of aromatic nitrogens is 1. The number of hydrogen-bond donors (Lipinski definition) is 1. The van der Waals surface area contributed by atoms with Crippen molar-refractivity contribution in [1.29, 1.82) is 0 Å². The van der Waals surface area contributed by atoms with Gasteiger partial charge in [-0.1, -0.05) is 25.1 Å². The molecule has 1 heterocycles. The van der Waals surface area contributed by atoms with Gasteiger partial charge >= 0.3 is 0 Å². The Balaban J connectivity index is 1.87. The van der Waals surface area contributed by atoms with Crippen molar-refractivity contribution >= 4 is 0 Å². The predicted molar refractivity (Wildman–Crippen MR) is 83.8 cm³/mol. The molecular weight excluding hydrogens is 244 g/mol. The molecule has 2 heteroatoms. The van der Waals surface area contributed by atoms with Crippen LogP contribution >= 0.6 is 0 Å². The minimum absolute atomic E-state index is 0.551. The van der Waals surface area contributed by atoms with Crippen LogP contribution in [0, 0.1) is 6.92 Å². The molecular formula is C18H22N2. The van der Waals surface area contributed by atoms with Gasteiger partial charge in [0.05, 0.1) is 0 Å². The summed E-state index contributed by atoms with van der Waals surface area (Å²) < 4.78 is 0. The molecule has 0 radical (unpaired) electrons. The largest absolute Gasteiger partial charge is 0.310 e. The molecule has 3 rings (SSSR count). The van der Waals surface area contributed by atoms with Crippen LogP contribution in [0.4, 0.5) is 0 Å². The molecule has 0 aliphatic heterocycles. The van der Waals surface area contributed by atoms with E-state index in [0.717, 1.165) is 6.54 Å². The van der Waals surface area contributed by atoms with Crippen LogP contribution in [0.1, 0.15) is 42.5 Å². The molecule has 0 bridgehead atoms. The Morgan fingerprint density at radius 3 is 2.90 bits per heavy atom. The van der Waals surface area contributed by atoms with Crippen LogP contribution in [0.15, 0.2) is 36.7 Å². The zero-order chi connectivity index (χ0) is 13.9. The van der Waals surface area contributed by atoms with Crippen LogP contribution in [-0.4, -0.2) is 11.5 Å². The van der Waals surface area contributed by atoms with E-state index in [1.54, 1.807) is 0 Å². The number of benzene rings is 1. The molecule has 1 aromatic heterocycles. The topological polar surface area (TPSA) is 24.9 Å². The van der Waals surface area contributed by atoms with Crippen LogP contribution in [0.5, 0.6) is 0 Å². The normalized spacial score (nSPS) is 17.2. The second-order valence-corrected chi connectivity index (χ2v) is 5.71. The maximum atomic E-state index is 4.30. The number of pyridine rings is 1. The van der Waals surface area contributed by atoms with Gasteiger partial charge in [-0.15, -0.1) is 0 Å². The lowest BCUT2D eigenvalue weighted by atomic mass is 10.00. The third-order valence-corrected chi connectivity index (χ3v) is 4.07. The SMILES string of the molecule is CCCNC1CCc2cc(-c3cncc(C)c3)ccc21. The Morgan fingerprint density at radius 1 is 1.20 bits per heavy atom. The monoisotopic (exact) mass is 266 g/mol. The average molecular weight is 266 g/mol. The highest BCUT2D eigenvalue weighted by molar-refractivity contribution is 5.65. The van der Waals surface area contributed by atoms with Gasteiger partial charge in [-0.05, 0) is 61.1 Å². The summed E-state index contributed by atoms with van der Waals surface area (Å²) in [6.07, 6.45) is 7.46. The van der Waals surface area contributed by atoms with E-state index < -0.39 is 0 Å². The Bertz CT molecular complexity index is 604. The number of hydrogen-bond acceptors (Lipinski definition) is 2. The van der Waals surface area contributed by atoms with Crippen molar-refractivity contribution in [2.45, 2.75) is 39.2 Å². The van der Waals surface area contributed by atoms with Gasteiger partial charge in [0, 0.05) is 24.0 Å². The van der Waals surface area contributed by atoms with Crippen LogP contribution < -0.4 is 5.32 Å². The summed E-state index contributed by atoms with van der Waals surface area (Å²) in [6, 6.07) is 9.64. The van der Waals surface area contributed by atoms with E-state index in [9.17, 15) is 0 Å². The first-order chi connectivity index (χ1) is 9.78. The third kappa shape index (κ3) is 2.61. The Labute approximate surface area is 121 Å². The fraction of sp³-hybridized carbons (Fsp3) is 0.389. The van der Waals surface area contributed by atoms with E-state index in [1.807, 2.05) is 12.4 Å². The zero-order valence-electron chi connectivity index (χ0n) is 12.3. The summed E-state index contributed by atoms with van der Waals surface area (Å²) in [5.74, 6) is 0. The van der Waals surface area contributed by atoms with Crippen molar-refractivity contribution < 1.29 is 0 Å². The molecule has 0 saturated carbocycles. The molecule has 0 amide bonds.